The van der Waals surface area contributed by atoms with Crippen molar-refractivity contribution in [1.82, 2.24) is 4.90 Å². The van der Waals surface area contributed by atoms with Crippen molar-refractivity contribution in [3.05, 3.63) is 34.6 Å². The van der Waals surface area contributed by atoms with Crippen molar-refractivity contribution in [2.45, 2.75) is 32.7 Å². The van der Waals surface area contributed by atoms with E-state index in [-0.39, 0.29) is 16.9 Å². The molecule has 0 fully saturated rings. The zero-order valence-electron chi connectivity index (χ0n) is 11.1. The molecule has 1 aromatic rings. The second kappa shape index (κ2) is 7.72. The normalized spacial score (nSPS) is 13.0. The fourth-order valence-electron chi connectivity index (χ4n) is 1.98. The third-order valence-corrected chi connectivity index (χ3v) is 3.52. The smallest absolute Gasteiger partial charge is 0.145 e. The van der Waals surface area contributed by atoms with Gasteiger partial charge in [0, 0.05) is 6.04 Å². The molecule has 0 aliphatic heterocycles. The maximum Gasteiger partial charge on any atom is 0.145 e. The molecular weight excluding hydrogens is 251 g/mol. The quantitative estimate of drug-likeness (QED) is 0.827. The zero-order chi connectivity index (χ0) is 13.5. The molecule has 0 amide bonds. The molecule has 1 atom stereocenters. The van der Waals surface area contributed by atoms with Gasteiger partial charge in [-0.05, 0) is 44.1 Å². The molecule has 1 aromatic carbocycles. The summed E-state index contributed by atoms with van der Waals surface area (Å²) in [5.41, 5.74) is 6.65. The molecule has 2 nitrogen and oxygen atoms in total. The summed E-state index contributed by atoms with van der Waals surface area (Å²) in [5, 5.41) is 0.170. The molecule has 0 heterocycles. The van der Waals surface area contributed by atoms with Crippen molar-refractivity contribution in [2.24, 2.45) is 5.73 Å². The largest absolute Gasteiger partial charge is 0.327 e. The van der Waals surface area contributed by atoms with Crippen molar-refractivity contribution in [2.75, 3.05) is 19.6 Å². The zero-order valence-corrected chi connectivity index (χ0v) is 11.9. The molecule has 0 radical (unpaired) electrons. The maximum absolute atomic E-state index is 13.7. The Balaban J connectivity index is 2.49. The van der Waals surface area contributed by atoms with Crippen LogP contribution in [0, 0.1) is 5.82 Å². The lowest BCUT2D eigenvalue weighted by Crippen LogP contribution is -2.31. The van der Waals surface area contributed by atoms with Crippen LogP contribution in [0.4, 0.5) is 4.39 Å². The highest BCUT2D eigenvalue weighted by atomic mass is 35.5. The van der Waals surface area contributed by atoms with E-state index >= 15 is 0 Å². The summed E-state index contributed by atoms with van der Waals surface area (Å²) in [7, 11) is 0. The Labute approximate surface area is 114 Å². The van der Waals surface area contributed by atoms with Crippen molar-refractivity contribution >= 4 is 11.6 Å². The fourth-order valence-corrected chi connectivity index (χ4v) is 2.17. The molecule has 1 unspecified atom stereocenters. The highest BCUT2D eigenvalue weighted by Gasteiger charge is 2.11. The molecule has 0 aromatic heterocycles. The Kier molecular flexibility index (Phi) is 6.61. The predicted molar refractivity (Wildman–Crippen MR) is 75.5 cm³/mol. The number of hydrogen-bond acceptors (Lipinski definition) is 2. The Hall–Kier alpha value is -0.640. The van der Waals surface area contributed by atoms with Gasteiger partial charge in [0.15, 0.2) is 0 Å². The highest BCUT2D eigenvalue weighted by molar-refractivity contribution is 6.30. The van der Waals surface area contributed by atoms with Gasteiger partial charge >= 0.3 is 0 Å². The summed E-state index contributed by atoms with van der Waals surface area (Å²) in [6.07, 6.45) is 1.40. The van der Waals surface area contributed by atoms with Crippen LogP contribution in [0.15, 0.2) is 18.2 Å². The van der Waals surface area contributed by atoms with E-state index in [2.05, 4.69) is 18.7 Å². The molecule has 0 saturated heterocycles. The van der Waals surface area contributed by atoms with Gasteiger partial charge in [-0.25, -0.2) is 4.39 Å². The van der Waals surface area contributed by atoms with Crippen molar-refractivity contribution in [1.29, 1.82) is 0 Å². The van der Waals surface area contributed by atoms with Gasteiger partial charge in [-0.15, -0.1) is 0 Å². The van der Waals surface area contributed by atoms with Gasteiger partial charge in [0.25, 0.3) is 0 Å². The molecule has 0 saturated carbocycles. The molecule has 18 heavy (non-hydrogen) atoms. The van der Waals surface area contributed by atoms with E-state index in [0.29, 0.717) is 12.0 Å². The van der Waals surface area contributed by atoms with E-state index in [0.717, 1.165) is 26.1 Å². The van der Waals surface area contributed by atoms with Crippen LogP contribution in [0.5, 0.6) is 0 Å². The van der Waals surface area contributed by atoms with Crippen LogP contribution in [0.3, 0.4) is 0 Å². The van der Waals surface area contributed by atoms with E-state index in [9.17, 15) is 4.39 Å². The lowest BCUT2D eigenvalue weighted by atomic mass is 10.0. The van der Waals surface area contributed by atoms with Crippen molar-refractivity contribution in [3.63, 3.8) is 0 Å². The molecule has 0 bridgehead atoms. The van der Waals surface area contributed by atoms with Gasteiger partial charge in [0.2, 0.25) is 0 Å². The summed E-state index contributed by atoms with van der Waals surface area (Å²) >= 11 is 5.75. The molecule has 4 heteroatoms. The first-order chi connectivity index (χ1) is 8.58. The molecule has 0 spiro atoms. The topological polar surface area (TPSA) is 29.3 Å². The number of benzene rings is 1. The minimum absolute atomic E-state index is 0.0291. The van der Waals surface area contributed by atoms with E-state index in [1.165, 1.54) is 0 Å². The average Bonchev–Trinajstić information content (AvgIpc) is 2.36. The molecular formula is C14H22ClFN2. The molecule has 1 rings (SSSR count). The first kappa shape index (κ1) is 15.4. The van der Waals surface area contributed by atoms with Crippen LogP contribution >= 0.6 is 11.6 Å². The summed E-state index contributed by atoms with van der Waals surface area (Å²) in [5.74, 6) is -0.336. The molecule has 2 N–H and O–H groups in total. The predicted octanol–water partition coefficient (Wildman–Crippen LogP) is 3.08. The monoisotopic (exact) mass is 272 g/mol. The molecule has 0 aliphatic rings. The second-order valence-corrected chi connectivity index (χ2v) is 4.90. The third kappa shape index (κ3) is 4.56. The number of halogens is 2. The van der Waals surface area contributed by atoms with Crippen molar-refractivity contribution in [3.8, 4) is 0 Å². The lowest BCUT2D eigenvalue weighted by molar-refractivity contribution is 0.289. The van der Waals surface area contributed by atoms with Crippen LogP contribution in [0.1, 0.15) is 25.8 Å². The Morgan fingerprint density at radius 2 is 2.00 bits per heavy atom. The summed E-state index contributed by atoms with van der Waals surface area (Å²) in [6, 6.07) is 5.04. The van der Waals surface area contributed by atoms with Gasteiger partial charge in [-0.1, -0.05) is 37.6 Å². The number of nitrogens with two attached hydrogens (primary N) is 1. The minimum atomic E-state index is -0.336. The van der Waals surface area contributed by atoms with Gasteiger partial charge in [-0.2, -0.15) is 0 Å². The summed E-state index contributed by atoms with van der Waals surface area (Å²) in [6.45, 7) is 7.26. The van der Waals surface area contributed by atoms with Crippen LogP contribution in [0.25, 0.3) is 0 Å². The number of nitrogens with zero attached hydrogens (tertiary/aromatic N) is 1. The minimum Gasteiger partial charge on any atom is -0.327 e. The molecule has 102 valence electrons. The van der Waals surface area contributed by atoms with E-state index in [1.807, 2.05) is 0 Å². The van der Waals surface area contributed by atoms with E-state index in [1.54, 1.807) is 18.2 Å². The first-order valence-electron chi connectivity index (χ1n) is 6.49. The number of hydrogen-bond donors (Lipinski definition) is 1. The van der Waals surface area contributed by atoms with Crippen LogP contribution in [-0.2, 0) is 6.42 Å². The van der Waals surface area contributed by atoms with Crippen molar-refractivity contribution < 1.29 is 4.39 Å². The highest BCUT2D eigenvalue weighted by Crippen LogP contribution is 2.19. The summed E-state index contributed by atoms with van der Waals surface area (Å²) in [4.78, 5) is 2.31. The van der Waals surface area contributed by atoms with Crippen LogP contribution in [0.2, 0.25) is 5.02 Å². The Bertz CT molecular complexity index is 367. The first-order valence-corrected chi connectivity index (χ1v) is 6.87. The second-order valence-electron chi connectivity index (χ2n) is 4.49. The van der Waals surface area contributed by atoms with Gasteiger partial charge in [0.1, 0.15) is 5.82 Å². The van der Waals surface area contributed by atoms with Crippen LogP contribution < -0.4 is 5.73 Å². The van der Waals surface area contributed by atoms with E-state index in [4.69, 9.17) is 17.3 Å². The van der Waals surface area contributed by atoms with E-state index < -0.39 is 0 Å². The average molecular weight is 273 g/mol. The molecule has 0 aliphatic carbocycles. The lowest BCUT2D eigenvalue weighted by Gasteiger charge is -2.20. The van der Waals surface area contributed by atoms with Gasteiger partial charge < -0.3 is 10.6 Å². The fraction of sp³-hybridized carbons (Fsp3) is 0.571. The van der Waals surface area contributed by atoms with Crippen LogP contribution in [-0.4, -0.2) is 30.6 Å². The Morgan fingerprint density at radius 1 is 1.33 bits per heavy atom. The Morgan fingerprint density at radius 3 is 2.61 bits per heavy atom. The SMILES string of the molecule is CCN(CC)CCC(N)Cc1cccc(Cl)c1F. The van der Waals surface area contributed by atoms with Gasteiger partial charge in [-0.3, -0.25) is 0 Å². The maximum atomic E-state index is 13.7. The summed E-state index contributed by atoms with van der Waals surface area (Å²) < 4.78 is 13.7. The number of rotatable bonds is 7. The third-order valence-electron chi connectivity index (χ3n) is 3.22. The standard InChI is InChI=1S/C14H22ClFN2/c1-3-18(4-2)9-8-12(17)10-11-6-5-7-13(15)14(11)16/h5-7,12H,3-4,8-10,17H2,1-2H3. The van der Waals surface area contributed by atoms with Gasteiger partial charge in [0.05, 0.1) is 5.02 Å².